The summed E-state index contributed by atoms with van der Waals surface area (Å²) in [7, 11) is 0. The van der Waals surface area contributed by atoms with Gasteiger partial charge in [-0.25, -0.2) is 0 Å². The molecule has 0 bridgehead atoms. The molecule has 4 heteroatoms. The van der Waals surface area contributed by atoms with Gasteiger partial charge in [0.15, 0.2) is 0 Å². The number of rotatable bonds is 6. The number of aliphatic hydroxyl groups excluding tert-OH is 2. The van der Waals surface area contributed by atoms with E-state index in [-0.39, 0.29) is 12.7 Å². The molecule has 0 fully saturated rings. The van der Waals surface area contributed by atoms with Crippen LogP contribution in [0.1, 0.15) is 20.3 Å². The Morgan fingerprint density at radius 3 is 2.50 bits per heavy atom. The van der Waals surface area contributed by atoms with Crippen LogP contribution >= 0.6 is 0 Å². The Labute approximate surface area is 73.2 Å². The van der Waals surface area contributed by atoms with Crippen LogP contribution in [0.5, 0.6) is 0 Å². The lowest BCUT2D eigenvalue weighted by molar-refractivity contribution is 0.000725. The molecule has 0 aromatic carbocycles. The zero-order valence-corrected chi connectivity index (χ0v) is 7.75. The van der Waals surface area contributed by atoms with Crippen molar-refractivity contribution >= 4 is 0 Å². The van der Waals surface area contributed by atoms with E-state index < -0.39 is 5.60 Å². The molecule has 2 unspecified atom stereocenters. The monoisotopic (exact) mass is 177 g/mol. The van der Waals surface area contributed by atoms with Crippen LogP contribution in [0.2, 0.25) is 0 Å². The fraction of sp³-hybridized carbons (Fsp3) is 1.00. The van der Waals surface area contributed by atoms with Gasteiger partial charge in [-0.1, -0.05) is 6.92 Å². The van der Waals surface area contributed by atoms with E-state index in [2.05, 4.69) is 5.32 Å². The molecule has 0 aromatic rings. The number of hydrogen-bond donors (Lipinski definition) is 4. The van der Waals surface area contributed by atoms with Crippen molar-refractivity contribution < 1.29 is 15.3 Å². The van der Waals surface area contributed by atoms with Crippen LogP contribution in [0.4, 0.5) is 0 Å². The fourth-order valence-electron chi connectivity index (χ4n) is 0.708. The van der Waals surface area contributed by atoms with Crippen molar-refractivity contribution in [1.29, 1.82) is 0 Å². The van der Waals surface area contributed by atoms with Gasteiger partial charge in [0.1, 0.15) is 0 Å². The highest BCUT2D eigenvalue weighted by molar-refractivity contribution is 4.74. The van der Waals surface area contributed by atoms with Gasteiger partial charge in [-0.05, 0) is 13.3 Å². The lowest BCUT2D eigenvalue weighted by atomic mass is 10.1. The minimum Gasteiger partial charge on any atom is -0.393 e. The summed E-state index contributed by atoms with van der Waals surface area (Å²) in [5.74, 6) is 0. The van der Waals surface area contributed by atoms with Crippen LogP contribution in [-0.2, 0) is 0 Å². The second kappa shape index (κ2) is 5.48. The first-order chi connectivity index (χ1) is 5.52. The van der Waals surface area contributed by atoms with E-state index in [1.54, 1.807) is 6.92 Å². The van der Waals surface area contributed by atoms with Gasteiger partial charge in [0.2, 0.25) is 0 Å². The molecule has 0 heterocycles. The van der Waals surface area contributed by atoms with Gasteiger partial charge in [-0.15, -0.1) is 0 Å². The average molecular weight is 177 g/mol. The van der Waals surface area contributed by atoms with Gasteiger partial charge in [0, 0.05) is 13.1 Å². The summed E-state index contributed by atoms with van der Waals surface area (Å²) < 4.78 is 0. The summed E-state index contributed by atoms with van der Waals surface area (Å²) >= 11 is 0. The van der Waals surface area contributed by atoms with Crippen molar-refractivity contribution in [2.45, 2.75) is 32.0 Å². The van der Waals surface area contributed by atoms with E-state index in [1.807, 2.05) is 6.92 Å². The van der Waals surface area contributed by atoms with Crippen molar-refractivity contribution in [3.63, 3.8) is 0 Å². The van der Waals surface area contributed by atoms with Crippen molar-refractivity contribution in [2.75, 3.05) is 19.7 Å². The Morgan fingerprint density at radius 2 is 2.08 bits per heavy atom. The van der Waals surface area contributed by atoms with Gasteiger partial charge < -0.3 is 20.6 Å². The maximum absolute atomic E-state index is 9.31. The second-order valence-electron chi connectivity index (χ2n) is 3.35. The van der Waals surface area contributed by atoms with Crippen molar-refractivity contribution in [1.82, 2.24) is 5.32 Å². The van der Waals surface area contributed by atoms with E-state index in [0.717, 1.165) is 0 Å². The quantitative estimate of drug-likeness (QED) is 0.424. The molecule has 0 aromatic heterocycles. The highest BCUT2D eigenvalue weighted by atomic mass is 16.3. The smallest absolute Gasteiger partial charge is 0.0972 e. The normalized spacial score (nSPS) is 18.8. The number of nitrogens with one attached hydrogen (secondary N) is 1. The maximum Gasteiger partial charge on any atom is 0.0972 e. The fourth-order valence-corrected chi connectivity index (χ4v) is 0.708. The third-order valence-electron chi connectivity index (χ3n) is 1.70. The molecule has 0 aliphatic rings. The van der Waals surface area contributed by atoms with Crippen LogP contribution in [0.3, 0.4) is 0 Å². The minimum absolute atomic E-state index is 0.276. The van der Waals surface area contributed by atoms with Gasteiger partial charge in [0.05, 0.1) is 18.3 Å². The molecular weight excluding hydrogens is 158 g/mol. The van der Waals surface area contributed by atoms with E-state index in [1.165, 1.54) is 0 Å². The first-order valence-electron chi connectivity index (χ1n) is 4.24. The molecular formula is C8H19NO3. The Balaban J connectivity index is 3.42. The average Bonchev–Trinajstić information content (AvgIpc) is 2.04. The van der Waals surface area contributed by atoms with E-state index in [9.17, 15) is 5.11 Å². The number of aliphatic hydroxyl groups is 3. The first-order valence-corrected chi connectivity index (χ1v) is 4.24. The second-order valence-corrected chi connectivity index (χ2v) is 3.35. The Morgan fingerprint density at radius 1 is 1.50 bits per heavy atom. The van der Waals surface area contributed by atoms with Crippen LogP contribution < -0.4 is 5.32 Å². The SMILES string of the molecule is CCC(O)CNCC(C)(O)CO. The molecule has 0 aliphatic heterocycles. The lowest BCUT2D eigenvalue weighted by Gasteiger charge is -2.21. The minimum atomic E-state index is -1.09. The standard InChI is InChI=1S/C8H19NO3/c1-3-7(11)4-9-5-8(2,12)6-10/h7,9-12H,3-6H2,1-2H3. The van der Waals surface area contributed by atoms with Gasteiger partial charge in [-0.2, -0.15) is 0 Å². The molecule has 12 heavy (non-hydrogen) atoms. The largest absolute Gasteiger partial charge is 0.393 e. The molecule has 0 saturated heterocycles. The molecule has 2 atom stereocenters. The summed E-state index contributed by atoms with van der Waals surface area (Å²) in [5, 5.41) is 30.0. The van der Waals surface area contributed by atoms with Crippen LogP contribution in [0, 0.1) is 0 Å². The van der Waals surface area contributed by atoms with Crippen molar-refractivity contribution in [3.8, 4) is 0 Å². The Hall–Kier alpha value is -0.160. The zero-order chi connectivity index (χ0) is 9.61. The molecule has 0 spiro atoms. The topological polar surface area (TPSA) is 72.7 Å². The zero-order valence-electron chi connectivity index (χ0n) is 7.75. The highest BCUT2D eigenvalue weighted by Crippen LogP contribution is 1.98. The molecule has 0 radical (unpaired) electrons. The third kappa shape index (κ3) is 5.49. The molecule has 0 amide bonds. The molecule has 4 nitrogen and oxygen atoms in total. The summed E-state index contributed by atoms with van der Waals surface area (Å²) in [6.45, 7) is 3.89. The first kappa shape index (κ1) is 11.8. The lowest BCUT2D eigenvalue weighted by Crippen LogP contribution is -2.43. The predicted molar refractivity (Wildman–Crippen MR) is 46.9 cm³/mol. The van der Waals surface area contributed by atoms with Crippen LogP contribution in [-0.4, -0.2) is 46.7 Å². The van der Waals surface area contributed by atoms with Gasteiger partial charge in [-0.3, -0.25) is 0 Å². The summed E-state index contributed by atoms with van der Waals surface area (Å²) in [4.78, 5) is 0. The molecule has 4 N–H and O–H groups in total. The van der Waals surface area contributed by atoms with Crippen LogP contribution in [0.15, 0.2) is 0 Å². The van der Waals surface area contributed by atoms with E-state index in [4.69, 9.17) is 10.2 Å². The Kier molecular flexibility index (Phi) is 5.41. The summed E-state index contributed by atoms with van der Waals surface area (Å²) in [5.41, 5.74) is -1.09. The molecule has 74 valence electrons. The summed E-state index contributed by atoms with van der Waals surface area (Å²) in [6.07, 6.45) is 0.313. The Bertz CT molecular complexity index is 117. The third-order valence-corrected chi connectivity index (χ3v) is 1.70. The van der Waals surface area contributed by atoms with Gasteiger partial charge >= 0.3 is 0 Å². The van der Waals surface area contributed by atoms with E-state index >= 15 is 0 Å². The molecule has 0 aliphatic carbocycles. The maximum atomic E-state index is 9.31. The van der Waals surface area contributed by atoms with Gasteiger partial charge in [0.25, 0.3) is 0 Å². The predicted octanol–water partition coefficient (Wildman–Crippen LogP) is -0.910. The van der Waals surface area contributed by atoms with E-state index in [0.29, 0.717) is 19.5 Å². The number of hydrogen-bond acceptors (Lipinski definition) is 4. The summed E-state index contributed by atoms with van der Waals surface area (Å²) in [6, 6.07) is 0. The highest BCUT2D eigenvalue weighted by Gasteiger charge is 2.18. The van der Waals surface area contributed by atoms with Crippen LogP contribution in [0.25, 0.3) is 0 Å². The molecule has 0 saturated carbocycles. The van der Waals surface area contributed by atoms with Crippen molar-refractivity contribution in [3.05, 3.63) is 0 Å². The molecule has 0 rings (SSSR count). The van der Waals surface area contributed by atoms with Crippen molar-refractivity contribution in [2.24, 2.45) is 0 Å².